The van der Waals surface area contributed by atoms with Gasteiger partial charge in [-0.1, -0.05) is 38.1 Å². The molecule has 1 aromatic rings. The summed E-state index contributed by atoms with van der Waals surface area (Å²) in [7, 11) is 0. The summed E-state index contributed by atoms with van der Waals surface area (Å²) in [5.41, 5.74) is 0.947. The molecule has 2 atom stereocenters. The SMILES string of the molecule is CC(C)CNCc1cc(COCC2CC=CCC2C)on1. The molecule has 0 radical (unpaired) electrons. The van der Waals surface area contributed by atoms with Gasteiger partial charge >= 0.3 is 0 Å². The van der Waals surface area contributed by atoms with E-state index in [-0.39, 0.29) is 0 Å². The van der Waals surface area contributed by atoms with Gasteiger partial charge in [0.1, 0.15) is 6.61 Å². The van der Waals surface area contributed by atoms with Gasteiger partial charge in [0.15, 0.2) is 5.76 Å². The molecule has 0 bridgehead atoms. The highest BCUT2D eigenvalue weighted by Gasteiger charge is 2.18. The summed E-state index contributed by atoms with van der Waals surface area (Å²) in [5, 5.41) is 7.42. The fourth-order valence-electron chi connectivity index (χ4n) is 2.55. The van der Waals surface area contributed by atoms with E-state index >= 15 is 0 Å². The lowest BCUT2D eigenvalue weighted by Crippen LogP contribution is -2.19. The number of hydrogen-bond donors (Lipinski definition) is 1. The normalized spacial score (nSPS) is 22.1. The Labute approximate surface area is 127 Å². The number of ether oxygens (including phenoxy) is 1. The highest BCUT2D eigenvalue weighted by atomic mass is 16.5. The van der Waals surface area contributed by atoms with Crippen LogP contribution in [0.1, 0.15) is 45.1 Å². The van der Waals surface area contributed by atoms with Crippen LogP contribution in [0.25, 0.3) is 0 Å². The number of rotatable bonds is 8. The standard InChI is InChI=1S/C17H28N2O2/c1-13(2)9-18-10-16-8-17(21-19-16)12-20-11-15-7-5-4-6-14(15)3/h4-5,8,13-15,18H,6-7,9-12H2,1-3H3. The summed E-state index contributed by atoms with van der Waals surface area (Å²) in [6.07, 6.45) is 6.83. The molecule has 21 heavy (non-hydrogen) atoms. The lowest BCUT2D eigenvalue weighted by atomic mass is 9.85. The topological polar surface area (TPSA) is 47.3 Å². The predicted molar refractivity (Wildman–Crippen MR) is 83.7 cm³/mol. The van der Waals surface area contributed by atoms with Gasteiger partial charge in [-0.25, -0.2) is 0 Å². The Morgan fingerprint density at radius 2 is 2.19 bits per heavy atom. The first-order chi connectivity index (χ1) is 10.1. The Balaban J connectivity index is 1.67. The molecule has 2 unspecified atom stereocenters. The van der Waals surface area contributed by atoms with E-state index < -0.39 is 0 Å². The molecular weight excluding hydrogens is 264 g/mol. The van der Waals surface area contributed by atoms with E-state index in [4.69, 9.17) is 9.26 Å². The van der Waals surface area contributed by atoms with Crippen LogP contribution in [0.4, 0.5) is 0 Å². The lowest BCUT2D eigenvalue weighted by molar-refractivity contribution is 0.0554. The Morgan fingerprint density at radius 1 is 1.38 bits per heavy atom. The van der Waals surface area contributed by atoms with Crippen molar-refractivity contribution < 1.29 is 9.26 Å². The molecule has 1 N–H and O–H groups in total. The van der Waals surface area contributed by atoms with Crippen LogP contribution in [0, 0.1) is 17.8 Å². The predicted octanol–water partition coefficient (Wildman–Crippen LogP) is 3.54. The molecule has 0 fully saturated rings. The fraction of sp³-hybridized carbons (Fsp3) is 0.706. The third-order valence-corrected chi connectivity index (χ3v) is 3.96. The van der Waals surface area contributed by atoms with Crippen LogP contribution in [-0.2, 0) is 17.9 Å². The summed E-state index contributed by atoms with van der Waals surface area (Å²) in [6, 6.07) is 1.98. The van der Waals surface area contributed by atoms with E-state index in [0.717, 1.165) is 37.6 Å². The molecule has 1 aliphatic carbocycles. The zero-order chi connectivity index (χ0) is 15.1. The maximum atomic E-state index is 5.80. The second-order valence-electron chi connectivity index (χ2n) is 6.50. The Morgan fingerprint density at radius 3 is 2.95 bits per heavy atom. The minimum Gasteiger partial charge on any atom is -0.373 e. The van der Waals surface area contributed by atoms with Gasteiger partial charge in [0.25, 0.3) is 0 Å². The number of aromatic nitrogens is 1. The van der Waals surface area contributed by atoms with Crippen molar-refractivity contribution in [3.8, 4) is 0 Å². The van der Waals surface area contributed by atoms with Crippen molar-refractivity contribution >= 4 is 0 Å². The summed E-state index contributed by atoms with van der Waals surface area (Å²) in [6.45, 7) is 9.74. The Bertz CT molecular complexity index is 440. The summed E-state index contributed by atoms with van der Waals surface area (Å²) >= 11 is 0. The summed E-state index contributed by atoms with van der Waals surface area (Å²) in [5.74, 6) is 2.80. The van der Waals surface area contributed by atoms with E-state index in [0.29, 0.717) is 24.4 Å². The monoisotopic (exact) mass is 292 g/mol. The molecule has 1 aliphatic rings. The minimum absolute atomic E-state index is 0.518. The van der Waals surface area contributed by atoms with Crippen LogP contribution in [0.5, 0.6) is 0 Å². The first-order valence-corrected chi connectivity index (χ1v) is 8.03. The Kier molecular flexibility index (Phi) is 6.46. The second kappa shape index (κ2) is 8.35. The van der Waals surface area contributed by atoms with E-state index in [1.807, 2.05) is 6.07 Å². The van der Waals surface area contributed by atoms with Crippen molar-refractivity contribution in [2.45, 2.75) is 46.8 Å². The maximum Gasteiger partial charge on any atom is 0.162 e. The van der Waals surface area contributed by atoms with Crippen LogP contribution in [0.3, 0.4) is 0 Å². The second-order valence-corrected chi connectivity index (χ2v) is 6.50. The molecular formula is C17H28N2O2. The molecule has 0 aromatic carbocycles. The van der Waals surface area contributed by atoms with Gasteiger partial charge in [-0.2, -0.15) is 0 Å². The zero-order valence-electron chi connectivity index (χ0n) is 13.5. The number of nitrogens with zero attached hydrogens (tertiary/aromatic N) is 1. The molecule has 4 nitrogen and oxygen atoms in total. The van der Waals surface area contributed by atoms with Crippen molar-refractivity contribution in [3.05, 3.63) is 29.7 Å². The molecule has 118 valence electrons. The molecule has 0 aliphatic heterocycles. The van der Waals surface area contributed by atoms with Crippen LogP contribution in [0.15, 0.2) is 22.7 Å². The van der Waals surface area contributed by atoms with Gasteiger partial charge in [0, 0.05) is 12.6 Å². The van der Waals surface area contributed by atoms with Crippen LogP contribution in [0.2, 0.25) is 0 Å². The highest BCUT2D eigenvalue weighted by Crippen LogP contribution is 2.25. The molecule has 4 heteroatoms. The third kappa shape index (κ3) is 5.64. The lowest BCUT2D eigenvalue weighted by Gasteiger charge is -2.24. The molecule has 1 heterocycles. The molecule has 2 rings (SSSR count). The number of nitrogens with one attached hydrogen (secondary N) is 1. The van der Waals surface area contributed by atoms with Gasteiger partial charge in [-0.3, -0.25) is 0 Å². The van der Waals surface area contributed by atoms with Crippen molar-refractivity contribution in [2.75, 3.05) is 13.2 Å². The quantitative estimate of drug-likeness (QED) is 0.745. The summed E-state index contributed by atoms with van der Waals surface area (Å²) < 4.78 is 11.1. The van der Waals surface area contributed by atoms with Gasteiger partial charge < -0.3 is 14.6 Å². The highest BCUT2D eigenvalue weighted by molar-refractivity contribution is 5.04. The van der Waals surface area contributed by atoms with Gasteiger partial charge in [0.2, 0.25) is 0 Å². The number of hydrogen-bond acceptors (Lipinski definition) is 4. The van der Waals surface area contributed by atoms with E-state index in [1.54, 1.807) is 0 Å². The van der Waals surface area contributed by atoms with Crippen molar-refractivity contribution in [3.63, 3.8) is 0 Å². The molecule has 0 spiro atoms. The summed E-state index contributed by atoms with van der Waals surface area (Å²) in [4.78, 5) is 0. The smallest absolute Gasteiger partial charge is 0.162 e. The zero-order valence-corrected chi connectivity index (χ0v) is 13.5. The molecule has 1 aromatic heterocycles. The van der Waals surface area contributed by atoms with Crippen molar-refractivity contribution in [1.82, 2.24) is 10.5 Å². The maximum absolute atomic E-state index is 5.80. The minimum atomic E-state index is 0.518. The van der Waals surface area contributed by atoms with Gasteiger partial charge in [-0.05, 0) is 37.1 Å². The fourth-order valence-corrected chi connectivity index (χ4v) is 2.55. The van der Waals surface area contributed by atoms with Crippen LogP contribution < -0.4 is 5.32 Å². The third-order valence-electron chi connectivity index (χ3n) is 3.96. The van der Waals surface area contributed by atoms with Crippen molar-refractivity contribution in [2.24, 2.45) is 17.8 Å². The number of allylic oxidation sites excluding steroid dienone is 2. The van der Waals surface area contributed by atoms with E-state index in [1.165, 1.54) is 6.42 Å². The van der Waals surface area contributed by atoms with Crippen LogP contribution in [-0.4, -0.2) is 18.3 Å². The Hall–Kier alpha value is -1.13. The molecule has 0 saturated heterocycles. The van der Waals surface area contributed by atoms with E-state index in [9.17, 15) is 0 Å². The van der Waals surface area contributed by atoms with Gasteiger partial charge in [-0.15, -0.1) is 0 Å². The largest absolute Gasteiger partial charge is 0.373 e. The average Bonchev–Trinajstić information content (AvgIpc) is 2.88. The average molecular weight is 292 g/mol. The molecule has 0 saturated carbocycles. The molecule has 0 amide bonds. The van der Waals surface area contributed by atoms with Crippen LogP contribution >= 0.6 is 0 Å². The first kappa shape index (κ1) is 16.2. The van der Waals surface area contributed by atoms with E-state index in [2.05, 4.69) is 43.4 Å². The van der Waals surface area contributed by atoms with Gasteiger partial charge in [0.05, 0.1) is 12.3 Å². The van der Waals surface area contributed by atoms with Crippen molar-refractivity contribution in [1.29, 1.82) is 0 Å². The first-order valence-electron chi connectivity index (χ1n) is 8.03.